The van der Waals surface area contributed by atoms with Crippen LogP contribution in [0, 0.1) is 19.7 Å². The highest BCUT2D eigenvalue weighted by Gasteiger charge is 2.15. The average Bonchev–Trinajstić information content (AvgIpc) is 2.37. The van der Waals surface area contributed by atoms with Crippen LogP contribution >= 0.6 is 0 Å². The lowest BCUT2D eigenvalue weighted by molar-refractivity contribution is 0.598. The SMILES string of the molecule is Cc1ccc(NS(=O)(=O)c2ccc(F)c(C)c2)cc1N. The normalized spacial score (nSPS) is 11.3. The molecule has 0 bridgehead atoms. The molecular weight excluding hydrogens is 279 g/mol. The summed E-state index contributed by atoms with van der Waals surface area (Å²) in [4.78, 5) is 0.00977. The average molecular weight is 294 g/mol. The highest BCUT2D eigenvalue weighted by atomic mass is 32.2. The fourth-order valence-electron chi connectivity index (χ4n) is 1.70. The summed E-state index contributed by atoms with van der Waals surface area (Å²) in [5, 5.41) is 0. The van der Waals surface area contributed by atoms with Gasteiger partial charge in [-0.15, -0.1) is 0 Å². The maximum absolute atomic E-state index is 13.2. The Balaban J connectivity index is 2.35. The second-order valence-electron chi connectivity index (χ2n) is 4.59. The van der Waals surface area contributed by atoms with Gasteiger partial charge in [0.2, 0.25) is 0 Å². The molecular formula is C14H15FN2O2S. The van der Waals surface area contributed by atoms with Crippen LogP contribution in [0.3, 0.4) is 0 Å². The largest absolute Gasteiger partial charge is 0.398 e. The minimum Gasteiger partial charge on any atom is -0.398 e. The molecule has 0 atom stereocenters. The lowest BCUT2D eigenvalue weighted by atomic mass is 10.2. The van der Waals surface area contributed by atoms with Crippen LogP contribution in [-0.2, 0) is 10.0 Å². The number of aryl methyl sites for hydroxylation is 2. The third kappa shape index (κ3) is 2.91. The fraction of sp³-hybridized carbons (Fsp3) is 0.143. The minimum absolute atomic E-state index is 0.00977. The van der Waals surface area contributed by atoms with Crippen LogP contribution in [0.25, 0.3) is 0 Å². The Labute approximate surface area is 117 Å². The maximum atomic E-state index is 13.2. The molecule has 0 fully saturated rings. The summed E-state index contributed by atoms with van der Waals surface area (Å²) < 4.78 is 40.0. The first-order chi connectivity index (χ1) is 9.29. The summed E-state index contributed by atoms with van der Waals surface area (Å²) in [6.07, 6.45) is 0. The van der Waals surface area contributed by atoms with Crippen molar-refractivity contribution in [3.63, 3.8) is 0 Å². The van der Waals surface area contributed by atoms with Gasteiger partial charge in [0.15, 0.2) is 0 Å². The van der Waals surface area contributed by atoms with Crippen molar-refractivity contribution in [2.24, 2.45) is 0 Å². The van der Waals surface area contributed by atoms with Crippen molar-refractivity contribution in [2.45, 2.75) is 18.7 Å². The highest BCUT2D eigenvalue weighted by Crippen LogP contribution is 2.21. The summed E-state index contributed by atoms with van der Waals surface area (Å²) in [7, 11) is -3.75. The van der Waals surface area contributed by atoms with Crippen molar-refractivity contribution in [3.8, 4) is 0 Å². The molecule has 4 nitrogen and oxygen atoms in total. The topological polar surface area (TPSA) is 72.2 Å². The van der Waals surface area contributed by atoms with Gasteiger partial charge in [-0.05, 0) is 55.3 Å². The molecule has 0 saturated carbocycles. The van der Waals surface area contributed by atoms with Crippen LogP contribution in [-0.4, -0.2) is 8.42 Å². The summed E-state index contributed by atoms with van der Waals surface area (Å²) in [6, 6.07) is 8.54. The van der Waals surface area contributed by atoms with Gasteiger partial charge in [0.05, 0.1) is 10.6 Å². The van der Waals surface area contributed by atoms with Gasteiger partial charge in [0, 0.05) is 5.69 Å². The van der Waals surface area contributed by atoms with E-state index in [0.717, 1.165) is 11.6 Å². The van der Waals surface area contributed by atoms with Crippen LogP contribution in [0.5, 0.6) is 0 Å². The Morgan fingerprint density at radius 2 is 1.75 bits per heavy atom. The molecule has 2 aromatic carbocycles. The number of hydrogen-bond donors (Lipinski definition) is 2. The molecule has 0 aliphatic heterocycles. The van der Waals surface area contributed by atoms with Gasteiger partial charge in [-0.25, -0.2) is 12.8 Å². The monoisotopic (exact) mass is 294 g/mol. The molecule has 0 aromatic heterocycles. The molecule has 2 rings (SSSR count). The van der Waals surface area contributed by atoms with Gasteiger partial charge >= 0.3 is 0 Å². The zero-order chi connectivity index (χ0) is 14.9. The van der Waals surface area contributed by atoms with Gasteiger partial charge in [-0.3, -0.25) is 4.72 Å². The van der Waals surface area contributed by atoms with Crippen molar-refractivity contribution >= 4 is 21.4 Å². The predicted octanol–water partition coefficient (Wildman–Crippen LogP) is 2.83. The predicted molar refractivity (Wildman–Crippen MR) is 77.5 cm³/mol. The van der Waals surface area contributed by atoms with Crippen LogP contribution in [0.15, 0.2) is 41.3 Å². The molecule has 3 N–H and O–H groups in total. The van der Waals surface area contributed by atoms with Gasteiger partial charge < -0.3 is 5.73 Å². The molecule has 0 amide bonds. The Hall–Kier alpha value is -2.08. The number of rotatable bonds is 3. The first-order valence-corrected chi connectivity index (χ1v) is 7.43. The van der Waals surface area contributed by atoms with Crippen LogP contribution in [0.1, 0.15) is 11.1 Å². The van der Waals surface area contributed by atoms with Crippen LogP contribution in [0.2, 0.25) is 0 Å². The van der Waals surface area contributed by atoms with E-state index in [4.69, 9.17) is 5.73 Å². The first-order valence-electron chi connectivity index (χ1n) is 5.95. The molecule has 0 aliphatic rings. The van der Waals surface area contributed by atoms with E-state index in [1.165, 1.54) is 19.1 Å². The molecule has 0 aliphatic carbocycles. The molecule has 0 heterocycles. The van der Waals surface area contributed by atoms with Gasteiger partial charge in [0.1, 0.15) is 5.82 Å². The van der Waals surface area contributed by atoms with Gasteiger partial charge in [-0.2, -0.15) is 0 Å². The molecule has 0 saturated heterocycles. The van der Waals surface area contributed by atoms with Crippen molar-refractivity contribution in [1.82, 2.24) is 0 Å². The molecule has 0 spiro atoms. The minimum atomic E-state index is -3.75. The standard InChI is InChI=1S/C14H15FN2O2S/c1-9-3-4-11(8-14(9)16)17-20(18,19)12-5-6-13(15)10(2)7-12/h3-8,17H,16H2,1-2H3. The smallest absolute Gasteiger partial charge is 0.261 e. The summed E-state index contributed by atoms with van der Waals surface area (Å²) >= 11 is 0. The van der Waals surface area contributed by atoms with Gasteiger partial charge in [-0.1, -0.05) is 6.07 Å². The van der Waals surface area contributed by atoms with Gasteiger partial charge in [0.25, 0.3) is 10.0 Å². The lowest BCUT2D eigenvalue weighted by Crippen LogP contribution is -2.13. The molecule has 106 valence electrons. The zero-order valence-corrected chi connectivity index (χ0v) is 12.0. The second kappa shape index (κ2) is 5.13. The summed E-state index contributed by atoms with van der Waals surface area (Å²) in [5.74, 6) is -0.441. The molecule has 6 heteroatoms. The number of anilines is 2. The Morgan fingerprint density at radius 1 is 1.05 bits per heavy atom. The third-order valence-corrected chi connectivity index (χ3v) is 4.35. The molecule has 0 radical (unpaired) electrons. The van der Waals surface area contributed by atoms with Crippen LogP contribution < -0.4 is 10.5 Å². The number of nitrogen functional groups attached to an aromatic ring is 1. The van der Waals surface area contributed by atoms with E-state index in [0.29, 0.717) is 11.4 Å². The van der Waals surface area contributed by atoms with E-state index >= 15 is 0 Å². The number of nitrogens with one attached hydrogen (secondary N) is 1. The third-order valence-electron chi connectivity index (χ3n) is 2.97. The van der Waals surface area contributed by atoms with Crippen molar-refractivity contribution in [2.75, 3.05) is 10.5 Å². The number of nitrogens with two attached hydrogens (primary N) is 1. The maximum Gasteiger partial charge on any atom is 0.261 e. The number of benzene rings is 2. The summed E-state index contributed by atoms with van der Waals surface area (Å²) in [6.45, 7) is 3.34. The zero-order valence-electron chi connectivity index (χ0n) is 11.1. The van der Waals surface area contributed by atoms with Crippen molar-refractivity contribution in [1.29, 1.82) is 0 Å². The van der Waals surface area contributed by atoms with E-state index in [9.17, 15) is 12.8 Å². The van der Waals surface area contributed by atoms with E-state index in [-0.39, 0.29) is 10.5 Å². The van der Waals surface area contributed by atoms with Crippen molar-refractivity contribution in [3.05, 3.63) is 53.3 Å². The quantitative estimate of drug-likeness (QED) is 0.855. The molecule has 2 aromatic rings. The van der Waals surface area contributed by atoms with Crippen molar-refractivity contribution < 1.29 is 12.8 Å². The summed E-state index contributed by atoms with van der Waals surface area (Å²) in [5.41, 5.74) is 7.75. The van der Waals surface area contributed by atoms with E-state index < -0.39 is 15.8 Å². The first kappa shape index (κ1) is 14.3. The Bertz CT molecular complexity index is 758. The molecule has 0 unspecified atom stereocenters. The van der Waals surface area contributed by atoms with Crippen LogP contribution in [0.4, 0.5) is 15.8 Å². The highest BCUT2D eigenvalue weighted by molar-refractivity contribution is 7.92. The number of halogens is 1. The fourth-order valence-corrected chi connectivity index (χ4v) is 2.84. The number of sulfonamides is 1. The Morgan fingerprint density at radius 3 is 2.35 bits per heavy atom. The number of hydrogen-bond acceptors (Lipinski definition) is 3. The lowest BCUT2D eigenvalue weighted by Gasteiger charge is -2.10. The van der Waals surface area contributed by atoms with E-state index in [2.05, 4.69) is 4.72 Å². The van der Waals surface area contributed by atoms with E-state index in [1.54, 1.807) is 18.2 Å². The Kier molecular flexibility index (Phi) is 3.67. The second-order valence-corrected chi connectivity index (χ2v) is 6.27. The van der Waals surface area contributed by atoms with E-state index in [1.807, 2.05) is 6.92 Å². The molecule has 20 heavy (non-hydrogen) atoms.